The van der Waals surface area contributed by atoms with E-state index in [1.165, 1.54) is 37.7 Å². The Morgan fingerprint density at radius 2 is 2.00 bits per heavy atom. The highest BCUT2D eigenvalue weighted by molar-refractivity contribution is 5.05. The Bertz CT molecular complexity index is 441. The van der Waals surface area contributed by atoms with Gasteiger partial charge in [-0.25, -0.2) is 0 Å². The van der Waals surface area contributed by atoms with Gasteiger partial charge in [-0.3, -0.25) is 4.68 Å². The molecule has 1 aromatic heterocycles. The third kappa shape index (κ3) is 3.32. The number of rotatable bonds is 6. The number of hydrogen-bond acceptors (Lipinski definition) is 3. The van der Waals surface area contributed by atoms with Crippen molar-refractivity contribution in [2.45, 2.75) is 63.6 Å². The van der Waals surface area contributed by atoms with Crippen LogP contribution >= 0.6 is 0 Å². The fourth-order valence-electron chi connectivity index (χ4n) is 4.47. The van der Waals surface area contributed by atoms with Gasteiger partial charge in [-0.05, 0) is 63.6 Å². The summed E-state index contributed by atoms with van der Waals surface area (Å²) in [5, 5.41) is 8.05. The predicted octanol–water partition coefficient (Wildman–Crippen LogP) is 2.20. The van der Waals surface area contributed by atoms with E-state index in [1.807, 2.05) is 17.9 Å². The Kier molecular flexibility index (Phi) is 4.65. The third-order valence-electron chi connectivity index (χ3n) is 5.67. The van der Waals surface area contributed by atoms with Crippen molar-refractivity contribution in [2.75, 3.05) is 13.6 Å². The molecule has 1 N–H and O–H groups in total. The van der Waals surface area contributed by atoms with Crippen molar-refractivity contribution in [3.8, 4) is 0 Å². The lowest BCUT2D eigenvalue weighted by molar-refractivity contribution is 0.110. The Labute approximate surface area is 128 Å². The van der Waals surface area contributed by atoms with E-state index in [-0.39, 0.29) is 0 Å². The van der Waals surface area contributed by atoms with Crippen molar-refractivity contribution in [2.24, 2.45) is 13.0 Å². The van der Waals surface area contributed by atoms with E-state index in [9.17, 15) is 0 Å². The van der Waals surface area contributed by atoms with E-state index in [4.69, 9.17) is 0 Å². The summed E-state index contributed by atoms with van der Waals surface area (Å²) in [6.07, 6.45) is 12.2. The first-order chi connectivity index (χ1) is 10.2. The number of aromatic nitrogens is 2. The fraction of sp³-hybridized carbons (Fsp3) is 0.824. The largest absolute Gasteiger partial charge is 0.314 e. The summed E-state index contributed by atoms with van der Waals surface area (Å²) in [6, 6.07) is 2.36. The summed E-state index contributed by atoms with van der Waals surface area (Å²) in [6.45, 7) is 3.32. The van der Waals surface area contributed by atoms with Crippen LogP contribution in [0.4, 0.5) is 0 Å². The van der Waals surface area contributed by atoms with Crippen LogP contribution in [0, 0.1) is 5.92 Å². The van der Waals surface area contributed by atoms with Gasteiger partial charge in [-0.2, -0.15) is 5.10 Å². The highest BCUT2D eigenvalue weighted by Crippen LogP contribution is 2.39. The first kappa shape index (κ1) is 15.0. The normalized spacial score (nSPS) is 30.7. The quantitative estimate of drug-likeness (QED) is 0.872. The van der Waals surface area contributed by atoms with Crippen LogP contribution in [0.1, 0.15) is 44.6 Å². The molecule has 1 aromatic rings. The summed E-state index contributed by atoms with van der Waals surface area (Å²) in [4.78, 5) is 2.64. The van der Waals surface area contributed by atoms with Gasteiger partial charge in [-0.1, -0.05) is 6.92 Å². The van der Waals surface area contributed by atoms with Crippen molar-refractivity contribution >= 4 is 0 Å². The molecular formula is C17H30N4. The van der Waals surface area contributed by atoms with Crippen LogP contribution in [-0.2, 0) is 13.5 Å². The molecular weight excluding hydrogens is 260 g/mol. The molecule has 3 heterocycles. The first-order valence-electron chi connectivity index (χ1n) is 8.60. The predicted molar refractivity (Wildman–Crippen MR) is 86.3 cm³/mol. The Balaban J connectivity index is 1.59. The average Bonchev–Trinajstić information content (AvgIpc) is 2.94. The number of piperidine rings is 1. The van der Waals surface area contributed by atoms with E-state index >= 15 is 0 Å². The summed E-state index contributed by atoms with van der Waals surface area (Å²) in [7, 11) is 4.33. The Morgan fingerprint density at radius 1 is 1.29 bits per heavy atom. The van der Waals surface area contributed by atoms with Crippen molar-refractivity contribution in [3.05, 3.63) is 18.0 Å². The Hall–Kier alpha value is -0.870. The van der Waals surface area contributed by atoms with Crippen LogP contribution in [0.25, 0.3) is 0 Å². The van der Waals surface area contributed by atoms with Gasteiger partial charge in [0.1, 0.15) is 0 Å². The van der Waals surface area contributed by atoms with E-state index in [1.54, 1.807) is 0 Å². The van der Waals surface area contributed by atoms with Gasteiger partial charge in [0.25, 0.3) is 0 Å². The second-order valence-electron chi connectivity index (χ2n) is 7.01. The molecule has 4 heteroatoms. The van der Waals surface area contributed by atoms with Crippen LogP contribution in [0.2, 0.25) is 0 Å². The number of nitrogens with zero attached hydrogens (tertiary/aromatic N) is 3. The van der Waals surface area contributed by atoms with E-state index in [0.717, 1.165) is 31.0 Å². The van der Waals surface area contributed by atoms with Gasteiger partial charge in [-0.15, -0.1) is 0 Å². The molecule has 2 saturated heterocycles. The SMILES string of the molecule is CCNC(CCc1cnn(C)c1)C1CC2CCC(C1)N2C. The Morgan fingerprint density at radius 3 is 2.57 bits per heavy atom. The monoisotopic (exact) mass is 290 g/mol. The third-order valence-corrected chi connectivity index (χ3v) is 5.67. The van der Waals surface area contributed by atoms with E-state index < -0.39 is 0 Å². The van der Waals surface area contributed by atoms with Crippen molar-refractivity contribution in [3.63, 3.8) is 0 Å². The maximum atomic E-state index is 4.29. The lowest BCUT2D eigenvalue weighted by Gasteiger charge is -2.40. The van der Waals surface area contributed by atoms with E-state index in [0.29, 0.717) is 6.04 Å². The first-order valence-corrected chi connectivity index (χ1v) is 8.60. The van der Waals surface area contributed by atoms with Gasteiger partial charge in [0.2, 0.25) is 0 Å². The van der Waals surface area contributed by atoms with Crippen LogP contribution < -0.4 is 5.32 Å². The number of hydrogen-bond donors (Lipinski definition) is 1. The molecule has 118 valence electrons. The number of nitrogens with one attached hydrogen (secondary N) is 1. The zero-order chi connectivity index (χ0) is 14.8. The minimum atomic E-state index is 0.673. The van der Waals surface area contributed by atoms with Gasteiger partial charge in [0.15, 0.2) is 0 Å². The highest BCUT2D eigenvalue weighted by Gasteiger charge is 2.40. The maximum Gasteiger partial charge on any atom is 0.0521 e. The summed E-state index contributed by atoms with van der Waals surface area (Å²) in [5.74, 6) is 0.857. The zero-order valence-corrected chi connectivity index (χ0v) is 13.8. The lowest BCUT2D eigenvalue weighted by Crippen LogP contribution is -2.47. The van der Waals surface area contributed by atoms with Gasteiger partial charge in [0, 0.05) is 31.4 Å². The molecule has 0 aromatic carbocycles. The molecule has 2 aliphatic heterocycles. The average molecular weight is 290 g/mol. The molecule has 3 unspecified atom stereocenters. The van der Waals surface area contributed by atoms with Gasteiger partial charge >= 0.3 is 0 Å². The smallest absolute Gasteiger partial charge is 0.0521 e. The molecule has 0 spiro atoms. The molecule has 21 heavy (non-hydrogen) atoms. The minimum absolute atomic E-state index is 0.673. The summed E-state index contributed by atoms with van der Waals surface area (Å²) >= 11 is 0. The topological polar surface area (TPSA) is 33.1 Å². The standard InChI is InChI=1S/C17H30N4/c1-4-18-17(8-5-13-11-19-20(2)12-13)14-9-15-6-7-16(10-14)21(15)3/h11-12,14-18H,4-10H2,1-3H3. The summed E-state index contributed by atoms with van der Waals surface area (Å²) < 4.78 is 1.91. The number of fused-ring (bicyclic) bond motifs is 2. The molecule has 3 atom stereocenters. The lowest BCUT2D eigenvalue weighted by atomic mass is 9.83. The number of aryl methyl sites for hydroxylation is 2. The fourth-order valence-corrected chi connectivity index (χ4v) is 4.47. The minimum Gasteiger partial charge on any atom is -0.314 e. The molecule has 2 aliphatic rings. The molecule has 3 rings (SSSR count). The van der Waals surface area contributed by atoms with Crippen LogP contribution in [0.5, 0.6) is 0 Å². The maximum absolute atomic E-state index is 4.29. The highest BCUT2D eigenvalue weighted by atomic mass is 15.2. The van der Waals surface area contributed by atoms with Crippen LogP contribution in [-0.4, -0.2) is 46.4 Å². The van der Waals surface area contributed by atoms with Crippen LogP contribution in [0.15, 0.2) is 12.4 Å². The molecule has 0 aliphatic carbocycles. The van der Waals surface area contributed by atoms with Crippen molar-refractivity contribution < 1.29 is 0 Å². The molecule has 0 radical (unpaired) electrons. The van der Waals surface area contributed by atoms with Gasteiger partial charge in [0.05, 0.1) is 6.20 Å². The van der Waals surface area contributed by atoms with Crippen LogP contribution in [0.3, 0.4) is 0 Å². The molecule has 0 amide bonds. The van der Waals surface area contributed by atoms with Crippen molar-refractivity contribution in [1.29, 1.82) is 0 Å². The molecule has 2 fully saturated rings. The zero-order valence-electron chi connectivity index (χ0n) is 13.8. The van der Waals surface area contributed by atoms with E-state index in [2.05, 4.69) is 35.5 Å². The van der Waals surface area contributed by atoms with Gasteiger partial charge < -0.3 is 10.2 Å². The van der Waals surface area contributed by atoms with Crippen molar-refractivity contribution in [1.82, 2.24) is 20.0 Å². The second kappa shape index (κ2) is 6.49. The summed E-state index contributed by atoms with van der Waals surface area (Å²) in [5.41, 5.74) is 1.37. The molecule has 0 saturated carbocycles. The molecule has 2 bridgehead atoms. The molecule has 4 nitrogen and oxygen atoms in total. The second-order valence-corrected chi connectivity index (χ2v) is 7.01.